The highest BCUT2D eigenvalue weighted by molar-refractivity contribution is 8.68. The van der Waals surface area contributed by atoms with Crippen molar-refractivity contribution >= 4 is 34.9 Å². The van der Waals surface area contributed by atoms with E-state index in [0.29, 0.717) is 13.2 Å². The molecule has 0 aliphatic heterocycles. The molecule has 0 saturated heterocycles. The van der Waals surface area contributed by atoms with Gasteiger partial charge in [-0.25, -0.2) is 0 Å². The molecule has 1 atom stereocenters. The van der Waals surface area contributed by atoms with Gasteiger partial charge in [0.05, 0.1) is 19.6 Å². The zero-order valence-corrected chi connectivity index (χ0v) is 19.4. The van der Waals surface area contributed by atoms with Crippen molar-refractivity contribution in [3.63, 3.8) is 0 Å². The number of carbonyl (C=O) groups is 1. The fraction of sp³-hybridized carbons (Fsp3) is 0.947. The fourth-order valence-electron chi connectivity index (χ4n) is 2.50. The summed E-state index contributed by atoms with van der Waals surface area (Å²) in [5, 5.41) is 9.05. The molecule has 0 bridgehead atoms. The maximum Gasteiger partial charge on any atom is 0.304 e. The minimum absolute atomic E-state index is 0.0430. The molecule has 0 spiro atoms. The average Bonchev–Trinajstić information content (AvgIpc) is 2.60. The molecule has 7 heteroatoms. The molecule has 0 aromatic rings. The van der Waals surface area contributed by atoms with E-state index in [1.807, 2.05) is 6.92 Å². The summed E-state index contributed by atoms with van der Waals surface area (Å²) in [7, 11) is 0. The molecule has 26 heavy (non-hydrogen) atoms. The van der Waals surface area contributed by atoms with Gasteiger partial charge in [-0.1, -0.05) is 83.5 Å². The van der Waals surface area contributed by atoms with Crippen LogP contribution in [0.25, 0.3) is 0 Å². The SMILES string of the molecule is CCCCCCCOP(=S)(OCCCCCCC)SC(CC)CC(=O)O. The van der Waals surface area contributed by atoms with E-state index in [1.54, 1.807) is 0 Å². The zero-order valence-electron chi connectivity index (χ0n) is 16.9. The summed E-state index contributed by atoms with van der Waals surface area (Å²) >= 11 is 7.19. The summed E-state index contributed by atoms with van der Waals surface area (Å²) in [6.45, 7) is 7.64. The summed E-state index contributed by atoms with van der Waals surface area (Å²) in [5.74, 6) is -0.787. The van der Waals surface area contributed by atoms with Crippen molar-refractivity contribution in [2.75, 3.05) is 13.2 Å². The number of carboxylic acids is 1. The number of rotatable bonds is 19. The largest absolute Gasteiger partial charge is 0.481 e. The molecular formula is C19H39O4PS2. The first-order valence-corrected chi connectivity index (χ1v) is 14.4. The van der Waals surface area contributed by atoms with Crippen molar-refractivity contribution in [1.82, 2.24) is 0 Å². The van der Waals surface area contributed by atoms with Crippen LogP contribution in [0.5, 0.6) is 0 Å². The minimum Gasteiger partial charge on any atom is -0.481 e. The first kappa shape index (κ1) is 26.4. The molecule has 0 radical (unpaired) electrons. The topological polar surface area (TPSA) is 55.8 Å². The Hall–Kier alpha value is 0.390. The van der Waals surface area contributed by atoms with Gasteiger partial charge < -0.3 is 14.2 Å². The van der Waals surface area contributed by atoms with Crippen LogP contribution >= 0.6 is 17.1 Å². The molecule has 1 N–H and O–H groups in total. The Morgan fingerprint density at radius 2 is 1.38 bits per heavy atom. The van der Waals surface area contributed by atoms with Crippen LogP contribution in [-0.2, 0) is 25.6 Å². The maximum atomic E-state index is 11.1. The van der Waals surface area contributed by atoms with Crippen LogP contribution in [0.1, 0.15) is 97.8 Å². The van der Waals surface area contributed by atoms with Crippen molar-refractivity contribution in [3.8, 4) is 0 Å². The van der Waals surface area contributed by atoms with Gasteiger partial charge in [0, 0.05) is 5.25 Å². The van der Waals surface area contributed by atoms with Crippen molar-refractivity contribution in [2.45, 2.75) is 103 Å². The normalized spacial score (nSPS) is 13.0. The Labute approximate surface area is 170 Å². The third-order valence-electron chi connectivity index (χ3n) is 4.13. The van der Waals surface area contributed by atoms with Gasteiger partial charge in [0.1, 0.15) is 0 Å². The number of carboxylic acid groups (broad SMARTS) is 1. The Morgan fingerprint density at radius 1 is 0.923 bits per heavy atom. The Balaban J connectivity index is 4.43. The molecular weight excluding hydrogens is 387 g/mol. The van der Waals surface area contributed by atoms with Crippen molar-refractivity contribution < 1.29 is 18.9 Å². The molecule has 0 aromatic heterocycles. The first-order chi connectivity index (χ1) is 12.5. The highest BCUT2D eigenvalue weighted by Gasteiger charge is 2.26. The minimum atomic E-state index is -2.47. The van der Waals surface area contributed by atoms with Gasteiger partial charge in [-0.3, -0.25) is 4.79 Å². The van der Waals surface area contributed by atoms with Gasteiger partial charge in [-0.15, -0.1) is 0 Å². The van der Waals surface area contributed by atoms with E-state index >= 15 is 0 Å². The van der Waals surface area contributed by atoms with Gasteiger partial charge in [0.2, 0.25) is 5.69 Å². The second-order valence-corrected chi connectivity index (χ2v) is 13.2. The van der Waals surface area contributed by atoms with E-state index in [2.05, 4.69) is 13.8 Å². The maximum absolute atomic E-state index is 11.1. The highest BCUT2D eigenvalue weighted by Crippen LogP contribution is 2.63. The first-order valence-electron chi connectivity index (χ1n) is 10.3. The predicted octanol–water partition coefficient (Wildman–Crippen LogP) is 7.17. The molecule has 0 amide bonds. The second kappa shape index (κ2) is 17.5. The Kier molecular flexibility index (Phi) is 17.7. The second-order valence-electron chi connectivity index (χ2n) is 6.68. The summed E-state index contributed by atoms with van der Waals surface area (Å²) in [6, 6.07) is 0. The molecule has 156 valence electrons. The average molecular weight is 427 g/mol. The number of aliphatic carboxylic acids is 1. The Morgan fingerprint density at radius 3 is 1.77 bits per heavy atom. The molecule has 0 fully saturated rings. The molecule has 0 aliphatic carbocycles. The van der Waals surface area contributed by atoms with Gasteiger partial charge in [-0.2, -0.15) is 0 Å². The smallest absolute Gasteiger partial charge is 0.304 e. The van der Waals surface area contributed by atoms with E-state index in [-0.39, 0.29) is 11.7 Å². The third-order valence-corrected chi connectivity index (χ3v) is 9.89. The lowest BCUT2D eigenvalue weighted by molar-refractivity contribution is -0.136. The van der Waals surface area contributed by atoms with Crippen LogP contribution in [0.3, 0.4) is 0 Å². The van der Waals surface area contributed by atoms with Crippen LogP contribution in [-0.4, -0.2) is 29.5 Å². The van der Waals surface area contributed by atoms with Crippen LogP contribution < -0.4 is 0 Å². The summed E-state index contributed by atoms with van der Waals surface area (Å²) in [5.41, 5.74) is -2.47. The quantitative estimate of drug-likeness (QED) is 0.174. The number of unbranched alkanes of at least 4 members (excludes halogenated alkanes) is 8. The summed E-state index contributed by atoms with van der Waals surface area (Å²) < 4.78 is 12.1. The molecule has 0 rings (SSSR count). The van der Waals surface area contributed by atoms with Gasteiger partial charge in [0.15, 0.2) is 0 Å². The summed E-state index contributed by atoms with van der Waals surface area (Å²) in [4.78, 5) is 11.1. The van der Waals surface area contributed by atoms with Crippen molar-refractivity contribution in [3.05, 3.63) is 0 Å². The van der Waals surface area contributed by atoms with Gasteiger partial charge in [-0.05, 0) is 31.1 Å². The molecule has 0 aliphatic rings. The highest BCUT2D eigenvalue weighted by atomic mass is 32.9. The standard InChI is InChI=1S/C19H39O4PS2/c1-4-7-9-11-13-15-22-24(25,23-16-14-12-10-8-5-2)26-18(6-3)17-19(20)21/h18H,4-17H2,1-3H3,(H,20,21). The molecule has 0 saturated carbocycles. The summed E-state index contributed by atoms with van der Waals surface area (Å²) in [6.07, 6.45) is 12.6. The van der Waals surface area contributed by atoms with Crippen LogP contribution in [0.15, 0.2) is 0 Å². The molecule has 0 heterocycles. The third kappa shape index (κ3) is 15.4. The van der Waals surface area contributed by atoms with E-state index in [0.717, 1.165) is 32.1 Å². The van der Waals surface area contributed by atoms with E-state index < -0.39 is 11.7 Å². The van der Waals surface area contributed by atoms with Crippen molar-refractivity contribution in [1.29, 1.82) is 0 Å². The van der Waals surface area contributed by atoms with E-state index in [9.17, 15) is 4.79 Å². The molecule has 0 aromatic carbocycles. The van der Waals surface area contributed by atoms with Crippen molar-refractivity contribution in [2.24, 2.45) is 0 Å². The van der Waals surface area contributed by atoms with E-state index in [4.69, 9.17) is 26.0 Å². The number of hydrogen-bond acceptors (Lipinski definition) is 5. The molecule has 4 nitrogen and oxygen atoms in total. The van der Waals surface area contributed by atoms with Crippen LogP contribution in [0.4, 0.5) is 0 Å². The van der Waals surface area contributed by atoms with Crippen LogP contribution in [0.2, 0.25) is 0 Å². The van der Waals surface area contributed by atoms with Crippen LogP contribution in [0, 0.1) is 0 Å². The monoisotopic (exact) mass is 426 g/mol. The number of hydrogen-bond donors (Lipinski definition) is 1. The van der Waals surface area contributed by atoms with Gasteiger partial charge >= 0.3 is 5.97 Å². The molecule has 1 unspecified atom stereocenters. The Bertz CT molecular complexity index is 374. The van der Waals surface area contributed by atoms with E-state index in [1.165, 1.54) is 49.9 Å². The lowest BCUT2D eigenvalue weighted by atomic mass is 10.2. The van der Waals surface area contributed by atoms with Gasteiger partial charge in [0.25, 0.3) is 0 Å². The lowest BCUT2D eigenvalue weighted by Crippen LogP contribution is -2.10. The fourth-order valence-corrected chi connectivity index (χ4v) is 8.25. The predicted molar refractivity (Wildman–Crippen MR) is 118 cm³/mol. The zero-order chi connectivity index (χ0) is 19.7. The lowest BCUT2D eigenvalue weighted by Gasteiger charge is -2.25.